The van der Waals surface area contributed by atoms with Gasteiger partial charge in [0.2, 0.25) is 0 Å². The van der Waals surface area contributed by atoms with Crippen molar-refractivity contribution in [3.8, 4) is 0 Å². The van der Waals surface area contributed by atoms with Crippen LogP contribution in [0.4, 0.5) is 5.82 Å². The molecule has 1 atom stereocenters. The first-order valence-electron chi connectivity index (χ1n) is 5.88. The van der Waals surface area contributed by atoms with Gasteiger partial charge < -0.3 is 15.7 Å². The van der Waals surface area contributed by atoms with E-state index in [4.69, 9.17) is 16.2 Å². The Bertz CT molecular complexity index is 407. The molecule has 0 spiro atoms. The molecule has 0 amide bonds. The SMILES string of the molecule is N=C(N)c1cccc(N2CCC(CCO)C2)n1. The lowest BCUT2D eigenvalue weighted by molar-refractivity contribution is 0.263. The number of hydrogen-bond acceptors (Lipinski definition) is 4. The summed E-state index contributed by atoms with van der Waals surface area (Å²) in [6.07, 6.45) is 1.94. The van der Waals surface area contributed by atoms with Crippen molar-refractivity contribution >= 4 is 11.7 Å². The molecule has 0 bridgehead atoms. The van der Waals surface area contributed by atoms with E-state index in [2.05, 4.69) is 9.88 Å². The minimum absolute atomic E-state index is 0.00189. The number of aliphatic hydroxyl groups excluding tert-OH is 1. The van der Waals surface area contributed by atoms with Crippen LogP contribution in [-0.4, -0.2) is 35.6 Å². The van der Waals surface area contributed by atoms with Gasteiger partial charge in [-0.2, -0.15) is 0 Å². The van der Waals surface area contributed by atoms with Crippen LogP contribution in [0.5, 0.6) is 0 Å². The Hall–Kier alpha value is -1.62. The summed E-state index contributed by atoms with van der Waals surface area (Å²) in [5.41, 5.74) is 5.95. The molecule has 1 aliphatic rings. The zero-order chi connectivity index (χ0) is 12.3. The Morgan fingerprint density at radius 3 is 3.12 bits per heavy atom. The van der Waals surface area contributed by atoms with Gasteiger partial charge in [-0.3, -0.25) is 5.41 Å². The van der Waals surface area contributed by atoms with Crippen LogP contribution >= 0.6 is 0 Å². The molecular formula is C12H18N4O. The largest absolute Gasteiger partial charge is 0.396 e. The Morgan fingerprint density at radius 1 is 1.59 bits per heavy atom. The standard InChI is InChI=1S/C12H18N4O/c13-12(14)10-2-1-3-11(15-10)16-6-4-9(8-16)5-7-17/h1-3,9,17H,4-8H2,(H3,13,14). The minimum Gasteiger partial charge on any atom is -0.396 e. The zero-order valence-electron chi connectivity index (χ0n) is 9.76. The van der Waals surface area contributed by atoms with Gasteiger partial charge in [-0.15, -0.1) is 0 Å². The fraction of sp³-hybridized carbons (Fsp3) is 0.500. The fourth-order valence-electron chi connectivity index (χ4n) is 2.21. The lowest BCUT2D eigenvalue weighted by atomic mass is 10.1. The molecule has 1 unspecified atom stereocenters. The first kappa shape index (κ1) is 11.9. The second-order valence-electron chi connectivity index (χ2n) is 4.41. The number of nitrogen functional groups attached to an aromatic ring is 1. The Morgan fingerprint density at radius 2 is 2.41 bits per heavy atom. The summed E-state index contributed by atoms with van der Waals surface area (Å²) >= 11 is 0. The number of nitrogens with one attached hydrogen (secondary N) is 1. The fourth-order valence-corrected chi connectivity index (χ4v) is 2.21. The van der Waals surface area contributed by atoms with Gasteiger partial charge in [-0.05, 0) is 30.9 Å². The average molecular weight is 234 g/mol. The Labute approximate surface area is 101 Å². The zero-order valence-corrected chi connectivity index (χ0v) is 9.76. The summed E-state index contributed by atoms with van der Waals surface area (Å²) in [5, 5.41) is 16.3. The maximum Gasteiger partial charge on any atom is 0.141 e. The van der Waals surface area contributed by atoms with Crippen LogP contribution in [0.15, 0.2) is 18.2 Å². The number of nitrogens with two attached hydrogens (primary N) is 1. The Kier molecular flexibility index (Phi) is 3.58. The number of nitrogens with zero attached hydrogens (tertiary/aromatic N) is 2. The summed E-state index contributed by atoms with van der Waals surface area (Å²) in [4.78, 5) is 6.55. The van der Waals surface area contributed by atoms with Gasteiger partial charge in [0, 0.05) is 19.7 Å². The first-order valence-corrected chi connectivity index (χ1v) is 5.88. The number of hydrogen-bond donors (Lipinski definition) is 3. The van der Waals surface area contributed by atoms with Crippen LogP contribution in [0.3, 0.4) is 0 Å². The highest BCUT2D eigenvalue weighted by molar-refractivity contribution is 5.93. The smallest absolute Gasteiger partial charge is 0.141 e. The van der Waals surface area contributed by atoms with Crippen LogP contribution in [0.1, 0.15) is 18.5 Å². The molecule has 1 saturated heterocycles. The van der Waals surface area contributed by atoms with E-state index >= 15 is 0 Å². The van der Waals surface area contributed by atoms with E-state index in [9.17, 15) is 0 Å². The third-order valence-electron chi connectivity index (χ3n) is 3.16. The monoisotopic (exact) mass is 234 g/mol. The van der Waals surface area contributed by atoms with Crippen molar-refractivity contribution in [3.63, 3.8) is 0 Å². The van der Waals surface area contributed by atoms with Gasteiger partial charge in [-0.1, -0.05) is 6.07 Å². The molecule has 0 aromatic carbocycles. The number of pyridine rings is 1. The number of aromatic nitrogens is 1. The topological polar surface area (TPSA) is 86.2 Å². The van der Waals surface area contributed by atoms with E-state index in [0.717, 1.165) is 31.7 Å². The molecule has 1 fully saturated rings. The van der Waals surface area contributed by atoms with Gasteiger partial charge in [0.1, 0.15) is 17.3 Å². The van der Waals surface area contributed by atoms with Gasteiger partial charge in [0.15, 0.2) is 0 Å². The highest BCUT2D eigenvalue weighted by atomic mass is 16.3. The average Bonchev–Trinajstić information content (AvgIpc) is 2.78. The molecular weight excluding hydrogens is 216 g/mol. The van der Waals surface area contributed by atoms with Gasteiger partial charge in [-0.25, -0.2) is 4.98 Å². The van der Waals surface area contributed by atoms with Crippen LogP contribution in [0.2, 0.25) is 0 Å². The molecule has 1 aromatic heterocycles. The predicted octanol–water partition coefficient (Wildman–Crippen LogP) is 0.574. The van der Waals surface area contributed by atoms with Crippen molar-refractivity contribution < 1.29 is 5.11 Å². The van der Waals surface area contributed by atoms with E-state index < -0.39 is 0 Å². The van der Waals surface area contributed by atoms with Crippen LogP contribution < -0.4 is 10.6 Å². The lowest BCUT2D eigenvalue weighted by Crippen LogP contribution is -2.22. The highest BCUT2D eigenvalue weighted by Crippen LogP contribution is 2.24. The molecule has 1 aromatic rings. The van der Waals surface area contributed by atoms with Crippen molar-refractivity contribution in [2.75, 3.05) is 24.6 Å². The third kappa shape index (κ3) is 2.74. The van der Waals surface area contributed by atoms with Crippen molar-refractivity contribution in [2.45, 2.75) is 12.8 Å². The van der Waals surface area contributed by atoms with E-state index in [0.29, 0.717) is 11.6 Å². The normalized spacial score (nSPS) is 19.6. The van der Waals surface area contributed by atoms with E-state index in [1.165, 1.54) is 0 Å². The van der Waals surface area contributed by atoms with Crippen LogP contribution in [0.25, 0.3) is 0 Å². The number of aliphatic hydroxyl groups is 1. The third-order valence-corrected chi connectivity index (χ3v) is 3.16. The highest BCUT2D eigenvalue weighted by Gasteiger charge is 2.23. The molecule has 5 nitrogen and oxygen atoms in total. The van der Waals surface area contributed by atoms with E-state index in [1.54, 1.807) is 6.07 Å². The van der Waals surface area contributed by atoms with Crippen molar-refractivity contribution in [1.82, 2.24) is 4.98 Å². The Balaban J connectivity index is 2.08. The lowest BCUT2D eigenvalue weighted by Gasteiger charge is -2.17. The summed E-state index contributed by atoms with van der Waals surface area (Å²) in [6.45, 7) is 2.13. The number of rotatable bonds is 4. The van der Waals surface area contributed by atoms with E-state index in [1.807, 2.05) is 12.1 Å². The van der Waals surface area contributed by atoms with Gasteiger partial charge >= 0.3 is 0 Å². The molecule has 4 N–H and O–H groups in total. The van der Waals surface area contributed by atoms with E-state index in [-0.39, 0.29) is 12.4 Å². The number of anilines is 1. The molecule has 17 heavy (non-hydrogen) atoms. The van der Waals surface area contributed by atoms with Crippen LogP contribution in [0, 0.1) is 11.3 Å². The van der Waals surface area contributed by atoms with Gasteiger partial charge in [0.05, 0.1) is 0 Å². The molecule has 1 aliphatic heterocycles. The molecule has 0 saturated carbocycles. The first-order chi connectivity index (χ1) is 8.20. The summed E-state index contributed by atoms with van der Waals surface area (Å²) in [7, 11) is 0. The summed E-state index contributed by atoms with van der Waals surface area (Å²) in [5.74, 6) is 1.42. The van der Waals surface area contributed by atoms with Gasteiger partial charge in [0.25, 0.3) is 0 Å². The summed E-state index contributed by atoms with van der Waals surface area (Å²) < 4.78 is 0. The molecule has 0 aliphatic carbocycles. The minimum atomic E-state index is -0.00189. The molecule has 5 heteroatoms. The maximum atomic E-state index is 8.92. The quantitative estimate of drug-likeness (QED) is 0.525. The molecule has 92 valence electrons. The molecule has 0 radical (unpaired) electrons. The van der Waals surface area contributed by atoms with Crippen LogP contribution in [-0.2, 0) is 0 Å². The molecule has 2 heterocycles. The summed E-state index contributed by atoms with van der Waals surface area (Å²) in [6, 6.07) is 5.55. The van der Waals surface area contributed by atoms with Crippen molar-refractivity contribution in [3.05, 3.63) is 23.9 Å². The second-order valence-corrected chi connectivity index (χ2v) is 4.41. The van der Waals surface area contributed by atoms with Crippen molar-refractivity contribution in [2.24, 2.45) is 11.7 Å². The predicted molar refractivity (Wildman–Crippen MR) is 67.3 cm³/mol. The molecule has 2 rings (SSSR count). The number of amidine groups is 1. The second kappa shape index (κ2) is 5.14. The maximum absolute atomic E-state index is 8.92. The van der Waals surface area contributed by atoms with Crippen molar-refractivity contribution in [1.29, 1.82) is 5.41 Å².